The maximum Gasteiger partial charge on any atom is 0.420 e. The molecule has 4 amide bonds. The Hall–Kier alpha value is -7.00. The van der Waals surface area contributed by atoms with E-state index >= 15 is 4.39 Å². The van der Waals surface area contributed by atoms with Crippen molar-refractivity contribution in [3.63, 3.8) is 0 Å². The molecule has 3 atom stereocenters. The van der Waals surface area contributed by atoms with E-state index in [0.717, 1.165) is 33.8 Å². The fourth-order valence-corrected chi connectivity index (χ4v) is 9.95. The van der Waals surface area contributed by atoms with E-state index in [1.54, 1.807) is 50.5 Å². The van der Waals surface area contributed by atoms with Crippen molar-refractivity contribution in [2.24, 2.45) is 5.41 Å². The number of thiocarbonyl (C=S) groups is 1. The van der Waals surface area contributed by atoms with Crippen LogP contribution in [0.15, 0.2) is 84.5 Å². The predicted octanol–water partition coefficient (Wildman–Crippen LogP) is 8.36. The minimum absolute atomic E-state index is 0.0199. The van der Waals surface area contributed by atoms with Gasteiger partial charge in [-0.1, -0.05) is 45.0 Å². The summed E-state index contributed by atoms with van der Waals surface area (Å²) in [4.78, 5) is 67.0. The van der Waals surface area contributed by atoms with Crippen LogP contribution in [0, 0.1) is 29.5 Å². The number of pyridine rings is 1. The van der Waals surface area contributed by atoms with E-state index in [4.69, 9.17) is 21.7 Å². The number of halogens is 6. The van der Waals surface area contributed by atoms with Gasteiger partial charge in [-0.15, -0.1) is 11.3 Å². The SMILES string of the molecule is Cc1ncsc1-c1ccc(CNC(=O)[C@@H]2C[C@@H](O)CN2C(=O)[C@@H](NC(=O)COCC(F)(F)CCOc2ccc(-c3ccc(N4C(=S)N(c5ccc(C#N)c(C(F)(F)F)c5F)C(=O)C4(C)C)cn3)cc2)C(C)(C)C)cc1. The Kier molecular flexibility index (Phi) is 16.4. The fraction of sp³-hybridized carbons (Fsp3) is 0.385. The first-order valence-corrected chi connectivity index (χ1v) is 24.7. The summed E-state index contributed by atoms with van der Waals surface area (Å²) >= 11 is 7.03. The zero-order chi connectivity index (χ0) is 54.8. The molecule has 7 rings (SSSR count). The molecule has 0 saturated carbocycles. The summed E-state index contributed by atoms with van der Waals surface area (Å²) in [6, 6.07) is 17.8. The number of β-amino-alcohol motifs (C(OH)–C–C–N with tert-alkyl or cyclic N) is 1. The Labute approximate surface area is 437 Å². The highest BCUT2D eigenvalue weighted by molar-refractivity contribution is 7.81. The first-order valence-electron chi connectivity index (χ1n) is 23.4. The summed E-state index contributed by atoms with van der Waals surface area (Å²) in [7, 11) is 0. The Balaban J connectivity index is 0.877. The number of likely N-dealkylation sites (tertiary alicyclic amines) is 1. The first kappa shape index (κ1) is 55.7. The van der Waals surface area contributed by atoms with Gasteiger partial charge in [0.15, 0.2) is 10.9 Å². The summed E-state index contributed by atoms with van der Waals surface area (Å²) in [5.41, 5.74) is -0.199. The van der Waals surface area contributed by atoms with Crippen LogP contribution >= 0.6 is 23.6 Å². The topological polar surface area (TPSA) is 190 Å². The summed E-state index contributed by atoms with van der Waals surface area (Å²) in [6.07, 6.45) is -5.66. The van der Waals surface area contributed by atoms with Crippen molar-refractivity contribution in [1.82, 2.24) is 25.5 Å². The smallest absolute Gasteiger partial charge is 0.420 e. The third kappa shape index (κ3) is 12.4. The molecular weight excluding hydrogens is 1030 g/mol. The number of hydrogen-bond acceptors (Lipinski definition) is 12. The predicted molar refractivity (Wildman–Crippen MR) is 270 cm³/mol. The maximum atomic E-state index is 15.4. The van der Waals surface area contributed by atoms with Crippen LogP contribution in [0.2, 0.25) is 0 Å². The molecule has 75 heavy (non-hydrogen) atoms. The van der Waals surface area contributed by atoms with Crippen LogP contribution in [0.5, 0.6) is 5.75 Å². The Morgan fingerprint density at radius 3 is 2.27 bits per heavy atom. The minimum atomic E-state index is -5.23. The van der Waals surface area contributed by atoms with E-state index in [2.05, 4.69) is 20.6 Å². The number of aliphatic hydroxyl groups is 1. The number of hydrogen-bond donors (Lipinski definition) is 3. The van der Waals surface area contributed by atoms with Gasteiger partial charge in [0, 0.05) is 31.5 Å². The van der Waals surface area contributed by atoms with Crippen molar-refractivity contribution < 1.29 is 60.1 Å². The molecule has 0 bridgehead atoms. The number of benzene rings is 3. The standard InChI is InChI=1S/C52H52F6N8O7S2/c1-29-43(75-28-62-29)32-9-7-30(8-10-32)23-61-45(69)39-21-35(67)25-64(39)46(70)44(49(2,3)4)63-40(68)26-72-27-51(54,55)19-20-73-36-15-11-31(12-16-36)37-17-14-34(24-60-37)66-48(74)65(47(71)50(66,5)6)38-18-13-33(22-59)41(42(38)53)52(56,57)58/h7-18,24,28,35,39,44,67H,19-21,23,25-27H2,1-6H3,(H,61,69)(H,63,68)/t35-,39+,44-/m1/s1. The number of nitrogens with one attached hydrogen (secondary N) is 2. The molecule has 2 aromatic heterocycles. The molecule has 2 aliphatic rings. The number of carbonyl (C=O) groups excluding carboxylic acids is 4. The summed E-state index contributed by atoms with van der Waals surface area (Å²) in [5, 5.41) is 24.8. The molecule has 0 radical (unpaired) electrons. The van der Waals surface area contributed by atoms with Crippen LogP contribution in [0.4, 0.5) is 37.7 Å². The molecule has 3 N–H and O–H groups in total. The van der Waals surface area contributed by atoms with Crippen molar-refractivity contribution in [3.05, 3.63) is 113 Å². The molecule has 23 heteroatoms. The first-order chi connectivity index (χ1) is 35.2. The van der Waals surface area contributed by atoms with Gasteiger partial charge >= 0.3 is 6.18 Å². The number of nitriles is 1. The summed E-state index contributed by atoms with van der Waals surface area (Å²) < 4.78 is 97.3. The molecule has 0 aliphatic carbocycles. The van der Waals surface area contributed by atoms with Crippen molar-refractivity contribution in [2.75, 3.05) is 36.2 Å². The zero-order valence-corrected chi connectivity index (χ0v) is 43.1. The van der Waals surface area contributed by atoms with Crippen LogP contribution in [-0.4, -0.2) is 105 Å². The van der Waals surface area contributed by atoms with Gasteiger partial charge in [-0.25, -0.2) is 18.2 Å². The van der Waals surface area contributed by atoms with Crippen molar-refractivity contribution in [2.45, 2.75) is 96.8 Å². The van der Waals surface area contributed by atoms with E-state index in [0.29, 0.717) is 16.2 Å². The monoisotopic (exact) mass is 1080 g/mol. The van der Waals surface area contributed by atoms with E-state index in [1.807, 2.05) is 31.2 Å². The van der Waals surface area contributed by atoms with Crippen molar-refractivity contribution in [1.29, 1.82) is 5.26 Å². The highest BCUT2D eigenvalue weighted by atomic mass is 32.1. The zero-order valence-electron chi connectivity index (χ0n) is 41.4. The lowest BCUT2D eigenvalue weighted by Crippen LogP contribution is -2.58. The highest BCUT2D eigenvalue weighted by Crippen LogP contribution is 2.42. The molecule has 0 unspecified atom stereocenters. The average Bonchev–Trinajstić information content (AvgIpc) is 4.01. The number of aromatic nitrogens is 2. The fourth-order valence-electron chi connectivity index (χ4n) is 8.63. The number of alkyl halides is 5. The molecule has 4 heterocycles. The lowest BCUT2D eigenvalue weighted by Gasteiger charge is -2.35. The lowest BCUT2D eigenvalue weighted by molar-refractivity contribution is -0.145. The largest absolute Gasteiger partial charge is 0.493 e. The third-order valence-electron chi connectivity index (χ3n) is 12.6. The number of amides is 4. The van der Waals surface area contributed by atoms with Gasteiger partial charge in [0.1, 0.15) is 42.1 Å². The van der Waals surface area contributed by atoms with Crippen LogP contribution < -0.4 is 25.2 Å². The van der Waals surface area contributed by atoms with Crippen molar-refractivity contribution >= 4 is 63.7 Å². The van der Waals surface area contributed by atoms with E-state index in [9.17, 15) is 51.5 Å². The second-order valence-corrected chi connectivity index (χ2v) is 20.8. The molecule has 0 spiro atoms. The number of carbonyl (C=O) groups is 4. The number of ether oxygens (including phenoxy) is 2. The highest BCUT2D eigenvalue weighted by Gasteiger charge is 2.52. The van der Waals surface area contributed by atoms with Crippen LogP contribution in [0.25, 0.3) is 21.7 Å². The Bertz CT molecular complexity index is 3000. The summed E-state index contributed by atoms with van der Waals surface area (Å²) in [6.45, 7) is 7.54. The van der Waals surface area contributed by atoms with Crippen LogP contribution in [0.1, 0.15) is 69.8 Å². The summed E-state index contributed by atoms with van der Waals surface area (Å²) in [5.74, 6) is -7.78. The Morgan fingerprint density at radius 1 is 0.987 bits per heavy atom. The van der Waals surface area contributed by atoms with Gasteiger partial charge in [0.05, 0.1) is 63.7 Å². The van der Waals surface area contributed by atoms with Crippen LogP contribution in [-0.2, 0) is 36.6 Å². The number of thiazole rings is 1. The number of rotatable bonds is 17. The second-order valence-electron chi connectivity index (χ2n) is 19.6. The van der Waals surface area contributed by atoms with Crippen molar-refractivity contribution in [3.8, 4) is 33.5 Å². The van der Waals surface area contributed by atoms with Gasteiger partial charge in [0.25, 0.3) is 11.8 Å². The molecule has 3 aromatic carbocycles. The number of aryl methyl sites for hydroxylation is 1. The quantitative estimate of drug-likeness (QED) is 0.0597. The molecule has 2 saturated heterocycles. The van der Waals surface area contributed by atoms with Gasteiger partial charge < -0.3 is 35.0 Å². The number of nitrogens with zero attached hydrogens (tertiary/aromatic N) is 6. The normalized spacial score (nSPS) is 17.3. The van der Waals surface area contributed by atoms with Gasteiger partial charge in [-0.3, -0.25) is 29.1 Å². The minimum Gasteiger partial charge on any atom is -0.493 e. The average molecular weight is 1080 g/mol. The van der Waals surface area contributed by atoms with Crippen LogP contribution in [0.3, 0.4) is 0 Å². The molecule has 15 nitrogen and oxygen atoms in total. The number of anilines is 2. The lowest BCUT2D eigenvalue weighted by atomic mass is 9.85. The van der Waals surface area contributed by atoms with E-state index < -0.39 is 114 Å². The molecular formula is C52H52F6N8O7S2. The van der Waals surface area contributed by atoms with E-state index in [-0.39, 0.29) is 36.1 Å². The van der Waals surface area contributed by atoms with Gasteiger partial charge in [0.2, 0.25) is 17.7 Å². The maximum absolute atomic E-state index is 15.4. The molecule has 2 fully saturated rings. The molecule has 5 aromatic rings. The molecule has 396 valence electrons. The second kappa shape index (κ2) is 22.1. The molecule has 2 aliphatic heterocycles. The Morgan fingerprint density at radius 2 is 1.67 bits per heavy atom. The van der Waals surface area contributed by atoms with Gasteiger partial charge in [-0.2, -0.15) is 18.4 Å². The van der Waals surface area contributed by atoms with E-state index in [1.165, 1.54) is 59.4 Å². The number of aliphatic hydroxyl groups excluding tert-OH is 1. The third-order valence-corrected chi connectivity index (χ3v) is 13.9. The van der Waals surface area contributed by atoms with Gasteiger partial charge in [-0.05, 0) is 98.1 Å².